The molecule has 0 amide bonds. The summed E-state index contributed by atoms with van der Waals surface area (Å²) in [5, 5.41) is 0.282. The lowest BCUT2D eigenvalue weighted by molar-refractivity contribution is 0.0601. The summed E-state index contributed by atoms with van der Waals surface area (Å²) in [5.74, 6) is -0.492. The van der Waals surface area contributed by atoms with Crippen LogP contribution in [0.3, 0.4) is 0 Å². The largest absolute Gasteiger partial charge is 0.465 e. The van der Waals surface area contributed by atoms with Gasteiger partial charge < -0.3 is 9.72 Å². The number of rotatable bonds is 2. The Balaban J connectivity index is 2.46. The van der Waals surface area contributed by atoms with Gasteiger partial charge in [-0.3, -0.25) is 4.79 Å². The Labute approximate surface area is 108 Å². The van der Waals surface area contributed by atoms with Gasteiger partial charge in [-0.2, -0.15) is 0 Å². The number of pyridine rings is 1. The molecule has 2 rings (SSSR count). The van der Waals surface area contributed by atoms with Gasteiger partial charge in [0.05, 0.1) is 17.7 Å². The molecule has 0 saturated carbocycles. The van der Waals surface area contributed by atoms with Gasteiger partial charge in [0, 0.05) is 24.0 Å². The van der Waals surface area contributed by atoms with Gasteiger partial charge in [-0.05, 0) is 17.7 Å². The van der Waals surface area contributed by atoms with E-state index < -0.39 is 5.97 Å². The molecule has 1 aromatic heterocycles. The lowest BCUT2D eigenvalue weighted by Gasteiger charge is -2.05. The number of carbonyl (C=O) groups is 1. The number of carbonyl (C=O) groups excluding carboxylic acids is 1. The quantitative estimate of drug-likeness (QED) is 0.847. The van der Waals surface area contributed by atoms with Crippen molar-refractivity contribution in [3.8, 4) is 11.3 Å². The number of benzene rings is 1. The summed E-state index contributed by atoms with van der Waals surface area (Å²) in [6.07, 6.45) is 1.56. The van der Waals surface area contributed by atoms with Crippen LogP contribution in [0.15, 0.2) is 41.3 Å². The molecule has 0 bridgehead atoms. The van der Waals surface area contributed by atoms with Crippen LogP contribution >= 0.6 is 11.6 Å². The van der Waals surface area contributed by atoms with Gasteiger partial charge in [-0.25, -0.2) is 4.79 Å². The summed E-state index contributed by atoms with van der Waals surface area (Å²) >= 11 is 6.00. The highest BCUT2D eigenvalue weighted by Gasteiger charge is 2.11. The van der Waals surface area contributed by atoms with Gasteiger partial charge in [0.25, 0.3) is 0 Å². The van der Waals surface area contributed by atoms with Gasteiger partial charge in [0.2, 0.25) is 0 Å². The van der Waals surface area contributed by atoms with Crippen molar-refractivity contribution in [1.82, 2.24) is 4.98 Å². The summed E-state index contributed by atoms with van der Waals surface area (Å²) < 4.78 is 4.60. The number of hydrogen-bond donors (Lipinski definition) is 1. The van der Waals surface area contributed by atoms with Crippen molar-refractivity contribution < 1.29 is 9.53 Å². The first-order chi connectivity index (χ1) is 8.61. The average molecular weight is 264 g/mol. The van der Waals surface area contributed by atoms with Crippen molar-refractivity contribution in [1.29, 1.82) is 0 Å². The fourth-order valence-electron chi connectivity index (χ4n) is 1.57. The van der Waals surface area contributed by atoms with Crippen molar-refractivity contribution in [2.24, 2.45) is 0 Å². The molecule has 0 fully saturated rings. The molecule has 1 aromatic carbocycles. The Hall–Kier alpha value is -2.07. The van der Waals surface area contributed by atoms with Crippen molar-refractivity contribution in [3.63, 3.8) is 0 Å². The standard InChI is InChI=1S/C13H10ClNO3/c1-18-13(17)10-3-2-8(6-11(10)14)12-7-9(16)4-5-15-12/h2-7H,1H3,(H,15,16). The van der Waals surface area contributed by atoms with E-state index in [9.17, 15) is 9.59 Å². The van der Waals surface area contributed by atoms with E-state index in [1.54, 1.807) is 24.4 Å². The Morgan fingerprint density at radius 2 is 2.06 bits per heavy atom. The predicted molar refractivity (Wildman–Crippen MR) is 68.8 cm³/mol. The minimum absolute atomic E-state index is 0.100. The normalized spacial score (nSPS) is 10.1. The SMILES string of the molecule is COC(=O)c1ccc(-c2cc(=O)cc[nH]2)cc1Cl. The maximum atomic E-state index is 11.4. The van der Waals surface area contributed by atoms with Crippen LogP contribution in [0.25, 0.3) is 11.3 Å². The minimum atomic E-state index is -0.492. The fraction of sp³-hybridized carbons (Fsp3) is 0.0769. The number of hydrogen-bond acceptors (Lipinski definition) is 3. The Kier molecular flexibility index (Phi) is 3.48. The van der Waals surface area contributed by atoms with Crippen LogP contribution in [0.1, 0.15) is 10.4 Å². The molecular weight excluding hydrogens is 254 g/mol. The highest BCUT2D eigenvalue weighted by molar-refractivity contribution is 6.33. The number of halogens is 1. The number of H-pyrrole nitrogens is 1. The van der Waals surface area contributed by atoms with E-state index in [0.29, 0.717) is 11.3 Å². The van der Waals surface area contributed by atoms with Crippen molar-refractivity contribution in [3.05, 3.63) is 57.3 Å². The van der Waals surface area contributed by atoms with E-state index in [1.165, 1.54) is 19.2 Å². The Morgan fingerprint density at radius 3 is 2.67 bits per heavy atom. The number of aromatic nitrogens is 1. The van der Waals surface area contributed by atoms with E-state index in [-0.39, 0.29) is 10.5 Å². The molecule has 1 N–H and O–H groups in total. The number of methoxy groups -OCH3 is 1. The zero-order valence-corrected chi connectivity index (χ0v) is 10.3. The molecule has 0 aliphatic heterocycles. The first-order valence-electron chi connectivity index (χ1n) is 5.19. The molecule has 92 valence electrons. The molecule has 0 unspecified atom stereocenters. The first-order valence-corrected chi connectivity index (χ1v) is 5.56. The molecule has 2 aromatic rings. The summed E-state index contributed by atoms with van der Waals surface area (Å²) in [6.45, 7) is 0. The summed E-state index contributed by atoms with van der Waals surface area (Å²) in [5.41, 5.74) is 1.56. The maximum absolute atomic E-state index is 11.4. The monoisotopic (exact) mass is 263 g/mol. The van der Waals surface area contributed by atoms with Crippen LogP contribution in [0.4, 0.5) is 0 Å². The zero-order valence-electron chi connectivity index (χ0n) is 9.57. The van der Waals surface area contributed by atoms with Crippen LogP contribution in [0.5, 0.6) is 0 Å². The maximum Gasteiger partial charge on any atom is 0.339 e. The van der Waals surface area contributed by atoms with Crippen LogP contribution < -0.4 is 5.43 Å². The smallest absolute Gasteiger partial charge is 0.339 e. The molecule has 0 atom stereocenters. The van der Waals surface area contributed by atoms with E-state index >= 15 is 0 Å². The molecule has 0 spiro atoms. The number of aromatic amines is 1. The third-order valence-corrected chi connectivity index (χ3v) is 2.77. The minimum Gasteiger partial charge on any atom is -0.465 e. The second-order valence-corrected chi connectivity index (χ2v) is 4.03. The van der Waals surface area contributed by atoms with Crippen molar-refractivity contribution >= 4 is 17.6 Å². The number of esters is 1. The van der Waals surface area contributed by atoms with Crippen molar-refractivity contribution in [2.75, 3.05) is 7.11 Å². The molecule has 0 saturated heterocycles. The fourth-order valence-corrected chi connectivity index (χ4v) is 1.83. The zero-order chi connectivity index (χ0) is 13.1. The lowest BCUT2D eigenvalue weighted by atomic mass is 10.1. The van der Waals surface area contributed by atoms with Crippen LogP contribution in [0.2, 0.25) is 5.02 Å². The molecule has 1 heterocycles. The molecular formula is C13H10ClNO3. The van der Waals surface area contributed by atoms with Gasteiger partial charge in [-0.15, -0.1) is 0 Å². The predicted octanol–water partition coefficient (Wildman–Crippen LogP) is 2.48. The molecule has 0 radical (unpaired) electrons. The van der Waals surface area contributed by atoms with E-state index in [1.807, 2.05) is 0 Å². The third-order valence-electron chi connectivity index (χ3n) is 2.46. The number of ether oxygens (including phenoxy) is 1. The average Bonchev–Trinajstić information content (AvgIpc) is 2.37. The lowest BCUT2D eigenvalue weighted by Crippen LogP contribution is -2.02. The van der Waals surface area contributed by atoms with Gasteiger partial charge in [0.1, 0.15) is 0 Å². The number of nitrogens with one attached hydrogen (secondary N) is 1. The Bertz CT molecular complexity index is 649. The van der Waals surface area contributed by atoms with Crippen molar-refractivity contribution in [2.45, 2.75) is 0 Å². The highest BCUT2D eigenvalue weighted by Crippen LogP contribution is 2.24. The van der Waals surface area contributed by atoms with Crippen LogP contribution in [-0.2, 0) is 4.74 Å². The first kappa shape index (κ1) is 12.4. The second kappa shape index (κ2) is 5.06. The van der Waals surface area contributed by atoms with E-state index in [0.717, 1.165) is 5.56 Å². The second-order valence-electron chi connectivity index (χ2n) is 3.62. The Morgan fingerprint density at radius 1 is 1.28 bits per heavy atom. The third kappa shape index (κ3) is 2.43. The summed E-state index contributed by atoms with van der Waals surface area (Å²) in [7, 11) is 1.29. The van der Waals surface area contributed by atoms with Crippen LogP contribution in [-0.4, -0.2) is 18.1 Å². The van der Waals surface area contributed by atoms with Gasteiger partial charge >= 0.3 is 5.97 Å². The van der Waals surface area contributed by atoms with Crippen LogP contribution in [0, 0.1) is 0 Å². The van der Waals surface area contributed by atoms with E-state index in [4.69, 9.17) is 11.6 Å². The van der Waals surface area contributed by atoms with E-state index in [2.05, 4.69) is 9.72 Å². The summed E-state index contributed by atoms with van der Waals surface area (Å²) in [6, 6.07) is 7.76. The highest BCUT2D eigenvalue weighted by atomic mass is 35.5. The van der Waals surface area contributed by atoms with Gasteiger partial charge in [0.15, 0.2) is 5.43 Å². The molecule has 18 heavy (non-hydrogen) atoms. The van der Waals surface area contributed by atoms with Gasteiger partial charge in [-0.1, -0.05) is 17.7 Å². The molecule has 0 aliphatic carbocycles. The topological polar surface area (TPSA) is 59.2 Å². The molecule has 0 aliphatic rings. The molecule has 4 nitrogen and oxygen atoms in total. The molecule has 5 heteroatoms. The summed E-state index contributed by atoms with van der Waals surface area (Å²) in [4.78, 5) is 25.6.